The number of carbonyl (C=O) groups is 1. The average molecular weight is 525 g/mol. The third-order valence-corrected chi connectivity index (χ3v) is 6.82. The first kappa shape index (κ1) is 25.7. The maximum Gasteiger partial charge on any atom is 0.278 e. The molecule has 3 aromatic heterocycles. The molecule has 0 unspecified atom stereocenters. The van der Waals surface area contributed by atoms with E-state index in [0.29, 0.717) is 36.2 Å². The van der Waals surface area contributed by atoms with Gasteiger partial charge in [0.05, 0.1) is 20.8 Å². The normalized spacial score (nSPS) is 11.1. The molecule has 0 bridgehead atoms. The molecule has 9 nitrogen and oxygen atoms in total. The number of carbonyl (C=O) groups excluding carboxylic acids is 1. The molecule has 0 saturated heterocycles. The molecule has 3 N–H and O–H groups in total. The molecule has 3 heterocycles. The Labute approximate surface area is 225 Å². The predicted molar refractivity (Wildman–Crippen MR) is 149 cm³/mol. The number of amides is 1. The van der Waals surface area contributed by atoms with Crippen molar-refractivity contribution in [1.29, 1.82) is 0 Å². The van der Waals surface area contributed by atoms with Gasteiger partial charge in [-0.25, -0.2) is 4.57 Å². The van der Waals surface area contributed by atoms with Gasteiger partial charge in [0.15, 0.2) is 0 Å². The summed E-state index contributed by atoms with van der Waals surface area (Å²) in [7, 11) is 3.23. The number of hydrogen-bond acceptors (Lipinski definition) is 6. The van der Waals surface area contributed by atoms with Crippen molar-refractivity contribution >= 4 is 28.4 Å². The minimum Gasteiger partial charge on any atom is -0.497 e. The van der Waals surface area contributed by atoms with E-state index in [9.17, 15) is 9.59 Å². The highest BCUT2D eigenvalue weighted by Crippen LogP contribution is 2.18. The smallest absolute Gasteiger partial charge is 0.278 e. The molecular weight excluding hydrogens is 494 g/mol. The third-order valence-electron chi connectivity index (χ3n) is 6.82. The van der Waals surface area contributed by atoms with Crippen molar-refractivity contribution in [1.82, 2.24) is 14.7 Å². The molecule has 0 atom stereocenters. The van der Waals surface area contributed by atoms with Gasteiger partial charge in [-0.3, -0.25) is 14.0 Å². The van der Waals surface area contributed by atoms with Crippen LogP contribution in [0.5, 0.6) is 11.5 Å². The second-order valence-corrected chi connectivity index (χ2v) is 9.26. The fourth-order valence-electron chi connectivity index (χ4n) is 4.57. The first-order valence-corrected chi connectivity index (χ1v) is 12.6. The Bertz CT molecular complexity index is 1730. The number of nitrogens with two attached hydrogens (primary N) is 1. The molecule has 39 heavy (non-hydrogen) atoms. The summed E-state index contributed by atoms with van der Waals surface area (Å²) in [6.45, 7) is 2.61. The van der Waals surface area contributed by atoms with E-state index >= 15 is 0 Å². The van der Waals surface area contributed by atoms with Crippen molar-refractivity contribution in [2.75, 3.05) is 20.0 Å². The number of hydrogen-bond donors (Lipinski definition) is 2. The second kappa shape index (κ2) is 10.8. The summed E-state index contributed by atoms with van der Waals surface area (Å²) >= 11 is 0. The van der Waals surface area contributed by atoms with Gasteiger partial charge >= 0.3 is 0 Å². The summed E-state index contributed by atoms with van der Waals surface area (Å²) in [6, 6.07) is 20.4. The summed E-state index contributed by atoms with van der Waals surface area (Å²) in [5.74, 6) is 1.37. The maximum absolute atomic E-state index is 13.6. The number of pyridine rings is 2. The van der Waals surface area contributed by atoms with E-state index in [1.807, 2.05) is 61.5 Å². The van der Waals surface area contributed by atoms with E-state index in [1.54, 1.807) is 37.1 Å². The molecular formula is C30H30N5O4+. The zero-order valence-electron chi connectivity index (χ0n) is 22.1. The number of anilines is 1. The van der Waals surface area contributed by atoms with Gasteiger partial charge in [-0.15, -0.1) is 0 Å². The number of benzene rings is 2. The van der Waals surface area contributed by atoms with Crippen molar-refractivity contribution in [2.24, 2.45) is 0 Å². The third kappa shape index (κ3) is 5.11. The number of nitrogens with one attached hydrogen (secondary N) is 1. The number of ether oxygens (including phenoxy) is 2. The lowest BCUT2D eigenvalue weighted by atomic mass is 10.1. The quantitative estimate of drug-likeness (QED) is 0.238. The topological polar surface area (TPSA) is 112 Å². The van der Waals surface area contributed by atoms with Gasteiger partial charge in [0.25, 0.3) is 17.1 Å². The van der Waals surface area contributed by atoms with Crippen LogP contribution in [0.2, 0.25) is 0 Å². The van der Waals surface area contributed by atoms with Crippen molar-refractivity contribution in [3.8, 4) is 11.5 Å². The predicted octanol–water partition coefficient (Wildman–Crippen LogP) is 3.22. The number of nitrogen functional groups attached to an aromatic ring is 1. The lowest BCUT2D eigenvalue weighted by Crippen LogP contribution is -2.43. The molecule has 5 aromatic rings. The van der Waals surface area contributed by atoms with Crippen LogP contribution in [0.4, 0.5) is 5.82 Å². The molecule has 0 aliphatic rings. The van der Waals surface area contributed by atoms with Gasteiger partial charge in [0, 0.05) is 24.7 Å². The van der Waals surface area contributed by atoms with Crippen molar-refractivity contribution < 1.29 is 18.8 Å². The highest BCUT2D eigenvalue weighted by molar-refractivity contribution is 6.00. The SMILES string of the molecule is COc1ccc(CC[n+]2c(N)c(C(=O)NCc3ccc(OC)cc3)cc3c(=O)n4cccc(C)c4nc32)cc1. The maximum atomic E-state index is 13.6. The molecule has 198 valence electrons. The van der Waals surface area contributed by atoms with Crippen LogP contribution in [0.15, 0.2) is 77.7 Å². The van der Waals surface area contributed by atoms with Crippen LogP contribution >= 0.6 is 0 Å². The summed E-state index contributed by atoms with van der Waals surface area (Å²) < 4.78 is 13.7. The number of fused-ring (bicyclic) bond motifs is 2. The number of rotatable bonds is 8. The van der Waals surface area contributed by atoms with Gasteiger partial charge in [0.2, 0.25) is 11.5 Å². The number of nitrogens with zero attached hydrogens (tertiary/aromatic N) is 3. The molecule has 0 radical (unpaired) electrons. The van der Waals surface area contributed by atoms with Gasteiger partial charge in [-0.05, 0) is 54.4 Å². The largest absolute Gasteiger partial charge is 0.497 e. The van der Waals surface area contributed by atoms with E-state index in [4.69, 9.17) is 20.2 Å². The Balaban J connectivity index is 1.56. The summed E-state index contributed by atoms with van der Waals surface area (Å²) in [4.78, 5) is 31.8. The summed E-state index contributed by atoms with van der Waals surface area (Å²) in [6.07, 6.45) is 2.29. The molecule has 2 aromatic carbocycles. The van der Waals surface area contributed by atoms with Crippen molar-refractivity contribution in [2.45, 2.75) is 26.4 Å². The molecule has 5 rings (SSSR count). The van der Waals surface area contributed by atoms with E-state index in [0.717, 1.165) is 28.2 Å². The van der Waals surface area contributed by atoms with Crippen LogP contribution in [0.1, 0.15) is 27.0 Å². The number of methoxy groups -OCH3 is 2. The van der Waals surface area contributed by atoms with E-state index in [-0.39, 0.29) is 22.8 Å². The van der Waals surface area contributed by atoms with Crippen LogP contribution in [0.25, 0.3) is 16.7 Å². The van der Waals surface area contributed by atoms with Crippen LogP contribution in [-0.2, 0) is 19.5 Å². The highest BCUT2D eigenvalue weighted by Gasteiger charge is 2.24. The molecule has 9 heteroatoms. The first-order chi connectivity index (χ1) is 18.9. The van der Waals surface area contributed by atoms with Gasteiger partial charge in [-0.2, -0.15) is 0 Å². The van der Waals surface area contributed by atoms with Crippen molar-refractivity contribution in [3.63, 3.8) is 0 Å². The Morgan fingerprint density at radius 1 is 1.00 bits per heavy atom. The Kier molecular flexibility index (Phi) is 7.14. The fourth-order valence-corrected chi connectivity index (χ4v) is 4.57. The Morgan fingerprint density at radius 3 is 2.28 bits per heavy atom. The summed E-state index contributed by atoms with van der Waals surface area (Å²) in [5, 5.41) is 3.24. The van der Waals surface area contributed by atoms with E-state index < -0.39 is 0 Å². The van der Waals surface area contributed by atoms with Gasteiger partial charge in [0.1, 0.15) is 22.4 Å². The molecule has 0 fully saturated rings. The lowest BCUT2D eigenvalue weighted by molar-refractivity contribution is -0.658. The van der Waals surface area contributed by atoms with Gasteiger partial charge in [-0.1, -0.05) is 35.3 Å². The van der Waals surface area contributed by atoms with Crippen LogP contribution in [0.3, 0.4) is 0 Å². The number of aryl methyl sites for hydroxylation is 3. The minimum atomic E-state index is -0.378. The van der Waals surface area contributed by atoms with Crippen LogP contribution in [0, 0.1) is 6.92 Å². The average Bonchev–Trinajstić information content (AvgIpc) is 2.96. The van der Waals surface area contributed by atoms with Crippen LogP contribution in [-0.4, -0.2) is 29.5 Å². The number of aromatic nitrogens is 3. The monoisotopic (exact) mass is 524 g/mol. The van der Waals surface area contributed by atoms with E-state index in [2.05, 4.69) is 5.32 Å². The zero-order chi connectivity index (χ0) is 27.5. The summed E-state index contributed by atoms with van der Waals surface area (Å²) in [5.41, 5.74) is 10.4. The van der Waals surface area contributed by atoms with Crippen molar-refractivity contribution in [3.05, 3.63) is 106 Å². The molecule has 1 amide bonds. The standard InChI is InChI=1S/C30H29N5O4/c1-19-5-4-15-35-27(19)33-28-25(30(35)37)17-24(29(36)32-18-21-8-12-23(39-3)13-9-21)26(31)34(28)16-14-20-6-10-22(38-2)11-7-20/h4-13,15,17,31H,14,16,18H2,1-3H3,(H,32,36)/p+1. The fraction of sp³-hybridized carbons (Fsp3) is 0.200. The van der Waals surface area contributed by atoms with Crippen LogP contribution < -0.4 is 30.7 Å². The zero-order valence-corrected chi connectivity index (χ0v) is 22.1. The highest BCUT2D eigenvalue weighted by atomic mass is 16.5. The minimum absolute atomic E-state index is 0.220. The molecule has 0 aliphatic heterocycles. The first-order valence-electron chi connectivity index (χ1n) is 12.6. The van der Waals surface area contributed by atoms with E-state index in [1.165, 1.54) is 4.40 Å². The van der Waals surface area contributed by atoms with Gasteiger partial charge < -0.3 is 20.5 Å². The Morgan fingerprint density at radius 2 is 1.64 bits per heavy atom. The lowest BCUT2D eigenvalue weighted by Gasteiger charge is -2.13. The molecule has 0 saturated carbocycles. The second-order valence-electron chi connectivity index (χ2n) is 9.26. The molecule has 0 aliphatic carbocycles. The molecule has 0 spiro atoms. The Hall–Kier alpha value is -4.92.